The molecule has 2 bridgehead atoms. The van der Waals surface area contributed by atoms with Crippen molar-refractivity contribution in [2.45, 2.75) is 38.0 Å². The van der Waals surface area contributed by atoms with Gasteiger partial charge in [0.1, 0.15) is 17.3 Å². The van der Waals surface area contributed by atoms with Crippen LogP contribution >= 0.6 is 0 Å². The van der Waals surface area contributed by atoms with Gasteiger partial charge in [-0.25, -0.2) is 13.8 Å². The molecular weight excluding hydrogens is 386 g/mol. The van der Waals surface area contributed by atoms with Gasteiger partial charge in [0.15, 0.2) is 0 Å². The Morgan fingerprint density at radius 2 is 1.80 bits per heavy atom. The molecule has 0 aliphatic heterocycles. The second-order valence-corrected chi connectivity index (χ2v) is 8.62. The van der Waals surface area contributed by atoms with Gasteiger partial charge < -0.3 is 5.73 Å². The Hall–Kier alpha value is -3.22. The Bertz CT molecular complexity index is 1190. The summed E-state index contributed by atoms with van der Waals surface area (Å²) in [6, 6.07) is 10.8. The molecule has 2 heterocycles. The highest BCUT2D eigenvalue weighted by Gasteiger charge is 2.65. The highest BCUT2D eigenvalue weighted by atomic mass is 19.1. The molecule has 0 spiro atoms. The summed E-state index contributed by atoms with van der Waals surface area (Å²) in [4.78, 5) is 16.3. The van der Waals surface area contributed by atoms with Gasteiger partial charge in [0, 0.05) is 0 Å². The summed E-state index contributed by atoms with van der Waals surface area (Å²) in [6.07, 6.45) is 1.68. The van der Waals surface area contributed by atoms with E-state index < -0.39 is 23.0 Å². The molecule has 3 aromatic rings. The number of fused-ring (bicyclic) bond motifs is 5. The monoisotopic (exact) mass is 406 g/mol. The number of amides is 1. The average molecular weight is 406 g/mol. The van der Waals surface area contributed by atoms with Crippen molar-refractivity contribution in [3.8, 4) is 11.3 Å². The Morgan fingerprint density at radius 1 is 1.10 bits per heavy atom. The number of hydrogen-bond donors (Lipinski definition) is 1. The van der Waals surface area contributed by atoms with Crippen LogP contribution in [-0.4, -0.2) is 21.1 Å². The van der Waals surface area contributed by atoms with Crippen LogP contribution in [0.3, 0.4) is 0 Å². The van der Waals surface area contributed by atoms with Crippen LogP contribution in [0.4, 0.5) is 8.78 Å². The number of nitrogens with zero attached hydrogens (tertiary/aromatic N) is 3. The number of halogens is 2. The Labute approximate surface area is 172 Å². The van der Waals surface area contributed by atoms with Crippen molar-refractivity contribution in [1.82, 2.24) is 15.2 Å². The van der Waals surface area contributed by atoms with Crippen LogP contribution in [-0.2, 0) is 5.41 Å². The Kier molecular flexibility index (Phi) is 3.84. The first-order valence-corrected chi connectivity index (χ1v) is 9.87. The fourth-order valence-electron chi connectivity index (χ4n) is 5.57. The van der Waals surface area contributed by atoms with Gasteiger partial charge in [-0.2, -0.15) is 5.10 Å². The number of benzene rings is 1. The Balaban J connectivity index is 1.72. The van der Waals surface area contributed by atoms with Crippen LogP contribution in [0.1, 0.15) is 60.0 Å². The van der Waals surface area contributed by atoms with Gasteiger partial charge in [-0.3, -0.25) is 4.79 Å². The predicted molar refractivity (Wildman–Crippen MR) is 107 cm³/mol. The number of rotatable bonds is 3. The zero-order valence-electron chi connectivity index (χ0n) is 16.6. The maximum Gasteiger partial charge on any atom is 0.267 e. The largest absolute Gasteiger partial charge is 0.364 e. The zero-order valence-corrected chi connectivity index (χ0v) is 16.6. The summed E-state index contributed by atoms with van der Waals surface area (Å²) in [5, 5.41) is 8.68. The lowest BCUT2D eigenvalue weighted by atomic mass is 9.66. The van der Waals surface area contributed by atoms with E-state index in [9.17, 15) is 13.6 Å². The molecule has 2 aliphatic carbocycles. The second-order valence-electron chi connectivity index (χ2n) is 8.62. The van der Waals surface area contributed by atoms with Crippen molar-refractivity contribution >= 4 is 5.91 Å². The summed E-state index contributed by atoms with van der Waals surface area (Å²) in [5.74, 6) is -1.79. The van der Waals surface area contributed by atoms with Crippen LogP contribution in [0, 0.1) is 17.0 Å². The molecule has 2 aliphatic rings. The first kappa shape index (κ1) is 18.8. The third-order valence-electron chi connectivity index (χ3n) is 7.04. The standard InChI is InChI=1S/C23H20F2N4O/c1-22(2)13-9-10-23(22,18-8-4-7-16(27-18)21(26)30)20-12(13)11-17(28-29-20)19-14(24)5-3-6-15(19)25/h3-8,11,13H,9-10H2,1-2H3,(H2,26,30)/t13-,23-/m0/s1. The molecule has 0 unspecified atom stereocenters. The average Bonchev–Trinajstić information content (AvgIpc) is 3.09. The smallest absolute Gasteiger partial charge is 0.267 e. The van der Waals surface area contributed by atoms with E-state index in [2.05, 4.69) is 29.0 Å². The molecule has 1 fully saturated rings. The van der Waals surface area contributed by atoms with Crippen LogP contribution in [0.15, 0.2) is 42.5 Å². The molecule has 30 heavy (non-hydrogen) atoms. The number of nitrogens with two attached hydrogens (primary N) is 1. The molecule has 2 N–H and O–H groups in total. The number of carbonyl (C=O) groups is 1. The highest BCUT2D eigenvalue weighted by molar-refractivity contribution is 5.90. The molecule has 0 saturated heterocycles. The van der Waals surface area contributed by atoms with E-state index in [1.165, 1.54) is 18.2 Å². The fraction of sp³-hybridized carbons (Fsp3) is 0.304. The summed E-state index contributed by atoms with van der Waals surface area (Å²) in [6.45, 7) is 4.29. The van der Waals surface area contributed by atoms with Gasteiger partial charge >= 0.3 is 0 Å². The minimum atomic E-state index is -0.669. The van der Waals surface area contributed by atoms with Crippen molar-refractivity contribution in [2.24, 2.45) is 11.1 Å². The number of primary amides is 1. The minimum Gasteiger partial charge on any atom is -0.364 e. The van der Waals surface area contributed by atoms with Gasteiger partial charge in [0.25, 0.3) is 5.91 Å². The van der Waals surface area contributed by atoms with Crippen LogP contribution in [0.2, 0.25) is 0 Å². The summed E-state index contributed by atoms with van der Waals surface area (Å²) >= 11 is 0. The second kappa shape index (κ2) is 6.14. The van der Waals surface area contributed by atoms with Gasteiger partial charge in [-0.05, 0) is 60.1 Å². The summed E-state index contributed by atoms with van der Waals surface area (Å²) in [7, 11) is 0. The molecule has 7 heteroatoms. The molecule has 1 aromatic carbocycles. The fourth-order valence-corrected chi connectivity index (χ4v) is 5.57. The predicted octanol–water partition coefficient (Wildman–Crippen LogP) is 4.12. The zero-order chi connectivity index (χ0) is 21.3. The van der Waals surface area contributed by atoms with Crippen molar-refractivity contribution in [3.05, 3.63) is 76.7 Å². The topological polar surface area (TPSA) is 81.8 Å². The van der Waals surface area contributed by atoms with Crippen molar-refractivity contribution in [1.29, 1.82) is 0 Å². The van der Waals surface area contributed by atoms with Gasteiger partial charge in [-0.15, -0.1) is 5.10 Å². The van der Waals surface area contributed by atoms with Crippen LogP contribution in [0.25, 0.3) is 11.3 Å². The van der Waals surface area contributed by atoms with Crippen LogP contribution < -0.4 is 5.73 Å². The molecule has 1 saturated carbocycles. The molecule has 2 atom stereocenters. The van der Waals surface area contributed by atoms with E-state index in [1.54, 1.807) is 18.2 Å². The maximum absolute atomic E-state index is 14.3. The lowest BCUT2D eigenvalue weighted by Crippen LogP contribution is -2.38. The first-order chi connectivity index (χ1) is 14.3. The summed E-state index contributed by atoms with van der Waals surface area (Å²) < 4.78 is 28.7. The van der Waals surface area contributed by atoms with Crippen molar-refractivity contribution in [3.63, 3.8) is 0 Å². The quantitative estimate of drug-likeness (QED) is 0.709. The highest BCUT2D eigenvalue weighted by Crippen LogP contribution is 2.69. The maximum atomic E-state index is 14.3. The minimum absolute atomic E-state index is 0.135. The normalized spacial score (nSPS) is 23.4. The van der Waals surface area contributed by atoms with E-state index in [-0.39, 0.29) is 28.3 Å². The third-order valence-corrected chi connectivity index (χ3v) is 7.04. The molecule has 1 amide bonds. The lowest BCUT2D eigenvalue weighted by Gasteiger charge is -2.37. The van der Waals surface area contributed by atoms with E-state index in [1.807, 2.05) is 6.07 Å². The SMILES string of the molecule is CC1(C)[C@H]2CC[C@]1(c1cccc(C(N)=O)n1)c1nnc(-c3c(F)cccc3F)cc12. The number of carbonyl (C=O) groups excluding carboxylic acids is 1. The van der Waals surface area contributed by atoms with Gasteiger partial charge in [0.05, 0.1) is 28.1 Å². The van der Waals surface area contributed by atoms with Gasteiger partial charge in [-0.1, -0.05) is 26.0 Å². The van der Waals surface area contributed by atoms with E-state index >= 15 is 0 Å². The van der Waals surface area contributed by atoms with E-state index in [0.29, 0.717) is 0 Å². The van der Waals surface area contributed by atoms with Crippen molar-refractivity contribution < 1.29 is 13.6 Å². The Morgan fingerprint density at radius 3 is 2.50 bits per heavy atom. The third kappa shape index (κ3) is 2.26. The number of hydrogen-bond acceptors (Lipinski definition) is 4. The number of pyridine rings is 1. The van der Waals surface area contributed by atoms with Crippen molar-refractivity contribution in [2.75, 3.05) is 0 Å². The van der Waals surface area contributed by atoms with Gasteiger partial charge in [0.2, 0.25) is 0 Å². The molecule has 152 valence electrons. The lowest BCUT2D eigenvalue weighted by molar-refractivity contribution is 0.0994. The molecular formula is C23H20F2N4O. The van der Waals surface area contributed by atoms with E-state index in [4.69, 9.17) is 5.73 Å². The molecule has 2 aromatic heterocycles. The molecule has 5 nitrogen and oxygen atoms in total. The molecule has 0 radical (unpaired) electrons. The first-order valence-electron chi connectivity index (χ1n) is 9.87. The number of aromatic nitrogens is 3. The van der Waals surface area contributed by atoms with Crippen LogP contribution in [0.5, 0.6) is 0 Å². The van der Waals surface area contributed by atoms with E-state index in [0.717, 1.165) is 29.8 Å². The molecule has 5 rings (SSSR count). The summed E-state index contributed by atoms with van der Waals surface area (Å²) in [5.41, 5.74) is 7.28.